The summed E-state index contributed by atoms with van der Waals surface area (Å²) in [6.45, 7) is 4.44. The fourth-order valence-corrected chi connectivity index (χ4v) is 5.89. The summed E-state index contributed by atoms with van der Waals surface area (Å²) >= 11 is 0. The van der Waals surface area contributed by atoms with Crippen LogP contribution in [0.15, 0.2) is 0 Å². The van der Waals surface area contributed by atoms with Gasteiger partial charge in [-0.15, -0.1) is 0 Å². The van der Waals surface area contributed by atoms with Crippen LogP contribution < -0.4 is 0 Å². The predicted octanol–water partition coefficient (Wildman–Crippen LogP) is 3.36. The molecule has 0 spiro atoms. The molecule has 0 amide bonds. The first-order chi connectivity index (χ1) is 9.43. The number of hydrogen-bond donors (Lipinski definition) is 0. The molecule has 20 heavy (non-hydrogen) atoms. The van der Waals surface area contributed by atoms with Crippen molar-refractivity contribution in [3.8, 4) is 0 Å². The lowest BCUT2D eigenvalue weighted by Gasteiger charge is -2.57. The van der Waals surface area contributed by atoms with Crippen LogP contribution in [-0.4, -0.2) is 18.9 Å². The molecule has 3 heteroatoms. The summed E-state index contributed by atoms with van der Waals surface area (Å²) in [5.41, 5.74) is -0.200. The second kappa shape index (κ2) is 4.57. The molecule has 0 saturated heterocycles. The highest BCUT2D eigenvalue weighted by Gasteiger charge is 2.60. The maximum atomic E-state index is 12.4. The maximum Gasteiger partial charge on any atom is 0.311 e. The highest BCUT2D eigenvalue weighted by atomic mass is 16.5. The summed E-state index contributed by atoms with van der Waals surface area (Å²) in [5, 5.41) is 0. The molecule has 0 radical (unpaired) electrons. The maximum absolute atomic E-state index is 12.4. The molecule has 0 aromatic carbocycles. The second-order valence-electron chi connectivity index (χ2n) is 7.62. The van der Waals surface area contributed by atoms with E-state index in [2.05, 4.69) is 13.8 Å². The first-order valence-corrected chi connectivity index (χ1v) is 8.04. The van der Waals surface area contributed by atoms with Gasteiger partial charge in [0, 0.05) is 12.3 Å². The molecule has 0 bridgehead atoms. The van der Waals surface area contributed by atoms with Crippen LogP contribution in [0.5, 0.6) is 0 Å². The first-order valence-electron chi connectivity index (χ1n) is 8.04. The van der Waals surface area contributed by atoms with E-state index in [1.165, 1.54) is 13.5 Å². The van der Waals surface area contributed by atoms with Crippen LogP contribution in [0.3, 0.4) is 0 Å². The van der Waals surface area contributed by atoms with Gasteiger partial charge in [-0.05, 0) is 56.3 Å². The Morgan fingerprint density at radius 3 is 2.65 bits per heavy atom. The number of Topliss-reactive ketones (excluding diaryl/α,β-unsaturated/α-hetero) is 1. The molecule has 0 aromatic rings. The molecule has 3 aliphatic rings. The van der Waals surface area contributed by atoms with Crippen molar-refractivity contribution in [1.29, 1.82) is 0 Å². The third kappa shape index (κ3) is 1.71. The Labute approximate surface area is 121 Å². The van der Waals surface area contributed by atoms with Crippen molar-refractivity contribution in [2.24, 2.45) is 28.6 Å². The monoisotopic (exact) mass is 278 g/mol. The highest BCUT2D eigenvalue weighted by Crippen LogP contribution is 2.64. The van der Waals surface area contributed by atoms with Gasteiger partial charge in [0.25, 0.3) is 0 Å². The van der Waals surface area contributed by atoms with Crippen molar-refractivity contribution in [3.05, 3.63) is 0 Å². The number of carbonyl (C=O) groups is 2. The molecule has 0 aromatic heterocycles. The Kier molecular flexibility index (Phi) is 3.22. The van der Waals surface area contributed by atoms with E-state index in [-0.39, 0.29) is 22.7 Å². The van der Waals surface area contributed by atoms with E-state index >= 15 is 0 Å². The molecule has 3 rings (SSSR count). The summed E-state index contributed by atoms with van der Waals surface area (Å²) in [4.78, 5) is 24.4. The zero-order chi connectivity index (χ0) is 14.5. The zero-order valence-corrected chi connectivity index (χ0v) is 12.9. The molecule has 3 saturated carbocycles. The van der Waals surface area contributed by atoms with Gasteiger partial charge in [-0.25, -0.2) is 0 Å². The lowest BCUT2D eigenvalue weighted by molar-refractivity contribution is -0.172. The van der Waals surface area contributed by atoms with E-state index in [9.17, 15) is 9.59 Å². The van der Waals surface area contributed by atoms with Gasteiger partial charge >= 0.3 is 5.97 Å². The molecule has 0 N–H and O–H groups in total. The van der Waals surface area contributed by atoms with Gasteiger partial charge in [-0.3, -0.25) is 9.59 Å². The number of ether oxygens (including phenoxy) is 1. The van der Waals surface area contributed by atoms with Crippen LogP contribution in [0.25, 0.3) is 0 Å². The van der Waals surface area contributed by atoms with E-state index in [1.807, 2.05) is 0 Å². The third-order valence-electron chi connectivity index (χ3n) is 6.84. The third-order valence-corrected chi connectivity index (χ3v) is 6.84. The Bertz CT molecular complexity index is 444. The first kappa shape index (κ1) is 14.1. The average Bonchev–Trinajstić information content (AvgIpc) is 2.80. The van der Waals surface area contributed by atoms with Gasteiger partial charge in [-0.1, -0.05) is 13.3 Å². The minimum atomic E-state index is -0.349. The normalized spacial score (nSPS) is 47.5. The van der Waals surface area contributed by atoms with Crippen molar-refractivity contribution in [2.75, 3.05) is 7.11 Å². The molecule has 0 unspecified atom stereocenters. The summed E-state index contributed by atoms with van der Waals surface area (Å²) < 4.78 is 5.11. The van der Waals surface area contributed by atoms with Crippen LogP contribution in [-0.2, 0) is 14.3 Å². The Balaban J connectivity index is 1.96. The minimum absolute atomic E-state index is 0.0452. The van der Waals surface area contributed by atoms with E-state index < -0.39 is 0 Å². The van der Waals surface area contributed by atoms with Crippen molar-refractivity contribution < 1.29 is 14.3 Å². The topological polar surface area (TPSA) is 43.4 Å². The predicted molar refractivity (Wildman–Crippen MR) is 76.0 cm³/mol. The van der Waals surface area contributed by atoms with Gasteiger partial charge in [0.2, 0.25) is 0 Å². The summed E-state index contributed by atoms with van der Waals surface area (Å²) in [7, 11) is 1.50. The van der Waals surface area contributed by atoms with Crippen molar-refractivity contribution in [2.45, 2.75) is 58.8 Å². The smallest absolute Gasteiger partial charge is 0.311 e. The standard InChI is InChI=1S/C17H26O3/c1-16-9-4-10-17(2,15(19)20-3)14(16)8-5-11-12(16)6-7-13(11)18/h11-12,14H,4-10H2,1-3H3/t11-,12+,14-,16-,17-/m1/s1. The van der Waals surface area contributed by atoms with E-state index in [1.54, 1.807) is 0 Å². The number of rotatable bonds is 1. The molecule has 0 heterocycles. The quantitative estimate of drug-likeness (QED) is 0.691. The van der Waals surface area contributed by atoms with Gasteiger partial charge in [0.05, 0.1) is 12.5 Å². The zero-order valence-electron chi connectivity index (χ0n) is 12.9. The number of ketones is 1. The number of hydrogen-bond acceptors (Lipinski definition) is 3. The Morgan fingerprint density at radius 1 is 1.20 bits per heavy atom. The number of fused-ring (bicyclic) bond motifs is 3. The highest BCUT2D eigenvalue weighted by molar-refractivity contribution is 5.84. The molecule has 5 atom stereocenters. The number of methoxy groups -OCH3 is 1. The lowest BCUT2D eigenvalue weighted by Crippen LogP contribution is -2.54. The molecular formula is C17H26O3. The fraction of sp³-hybridized carbons (Fsp3) is 0.882. The molecule has 3 nitrogen and oxygen atoms in total. The fourth-order valence-electron chi connectivity index (χ4n) is 5.89. The van der Waals surface area contributed by atoms with Gasteiger partial charge in [-0.2, -0.15) is 0 Å². The van der Waals surface area contributed by atoms with Crippen LogP contribution in [0, 0.1) is 28.6 Å². The molecule has 112 valence electrons. The number of carbonyl (C=O) groups excluding carboxylic acids is 2. The largest absolute Gasteiger partial charge is 0.469 e. The van der Waals surface area contributed by atoms with E-state index in [4.69, 9.17) is 4.74 Å². The van der Waals surface area contributed by atoms with Crippen LogP contribution >= 0.6 is 0 Å². The van der Waals surface area contributed by atoms with E-state index in [0.717, 1.165) is 38.5 Å². The molecule has 0 aliphatic heterocycles. The van der Waals surface area contributed by atoms with Gasteiger partial charge in [0.1, 0.15) is 5.78 Å². The second-order valence-corrected chi connectivity index (χ2v) is 7.62. The van der Waals surface area contributed by atoms with Crippen molar-refractivity contribution in [3.63, 3.8) is 0 Å². The minimum Gasteiger partial charge on any atom is -0.469 e. The van der Waals surface area contributed by atoms with E-state index in [0.29, 0.717) is 17.6 Å². The molecule has 3 fully saturated rings. The summed E-state index contributed by atoms with van der Waals surface area (Å²) in [6.07, 6.45) is 6.96. The Hall–Kier alpha value is -0.860. The summed E-state index contributed by atoms with van der Waals surface area (Å²) in [6, 6.07) is 0. The van der Waals surface area contributed by atoms with Crippen LogP contribution in [0.4, 0.5) is 0 Å². The Morgan fingerprint density at radius 2 is 1.95 bits per heavy atom. The van der Waals surface area contributed by atoms with Gasteiger partial charge in [0.15, 0.2) is 0 Å². The lowest BCUT2D eigenvalue weighted by atomic mass is 9.46. The van der Waals surface area contributed by atoms with Gasteiger partial charge < -0.3 is 4.74 Å². The van der Waals surface area contributed by atoms with Crippen molar-refractivity contribution in [1.82, 2.24) is 0 Å². The SMILES string of the molecule is COC(=O)[C@]1(C)CCC[C@@]2(C)[C@H]1CC[C@H]1C(=O)CC[C@@H]12. The van der Waals surface area contributed by atoms with Crippen molar-refractivity contribution >= 4 is 11.8 Å². The van der Waals surface area contributed by atoms with Crippen LogP contribution in [0.2, 0.25) is 0 Å². The average molecular weight is 278 g/mol. The molecular weight excluding hydrogens is 252 g/mol. The molecule has 3 aliphatic carbocycles. The summed E-state index contributed by atoms with van der Waals surface area (Å²) in [5.74, 6) is 1.58. The van der Waals surface area contributed by atoms with Crippen LogP contribution in [0.1, 0.15) is 58.8 Å². The number of esters is 1.